The summed E-state index contributed by atoms with van der Waals surface area (Å²) < 4.78 is 11.0. The molecular weight excluding hydrogens is 536 g/mol. The molecule has 4 aromatic rings. The van der Waals surface area contributed by atoms with Crippen LogP contribution in [0.15, 0.2) is 41.0 Å². The average molecular weight is 567 g/mol. The van der Waals surface area contributed by atoms with Gasteiger partial charge in [-0.3, -0.25) is 4.98 Å². The number of hydrogen-bond donors (Lipinski definition) is 2. The van der Waals surface area contributed by atoms with Crippen LogP contribution in [0, 0.1) is 18.8 Å². The first-order chi connectivity index (χ1) is 17.8. The van der Waals surface area contributed by atoms with Crippen LogP contribution in [0.5, 0.6) is 5.88 Å². The van der Waals surface area contributed by atoms with Crippen molar-refractivity contribution in [2.24, 2.45) is 18.9 Å². The van der Waals surface area contributed by atoms with Crippen molar-refractivity contribution in [2.45, 2.75) is 45.6 Å². The largest absolute Gasteiger partial charge is 0.478 e. The topological polar surface area (TPSA) is 121 Å². The van der Waals surface area contributed by atoms with Gasteiger partial charge >= 0.3 is 5.97 Å². The van der Waals surface area contributed by atoms with Gasteiger partial charge in [-0.1, -0.05) is 28.8 Å². The van der Waals surface area contributed by atoms with Crippen LogP contribution in [0.4, 0.5) is 5.95 Å². The van der Waals surface area contributed by atoms with Crippen LogP contribution < -0.4 is 10.5 Å². The average Bonchev–Trinajstić information content (AvgIpc) is 3.52. The molecule has 194 valence electrons. The maximum absolute atomic E-state index is 11.5. The Bertz CT molecular complexity index is 1440. The molecule has 0 bridgehead atoms. The highest BCUT2D eigenvalue weighted by Gasteiger charge is 2.26. The Morgan fingerprint density at radius 2 is 2.08 bits per heavy atom. The quantitative estimate of drug-likeness (QED) is 0.231. The molecule has 1 saturated carbocycles. The molecule has 1 aliphatic carbocycles. The van der Waals surface area contributed by atoms with Crippen molar-refractivity contribution >= 4 is 38.9 Å². The minimum Gasteiger partial charge on any atom is -0.478 e. The van der Waals surface area contributed by atoms with Gasteiger partial charge in [-0.25, -0.2) is 14.5 Å². The molecular formula is C27H31BrN6O3. The fourth-order valence-corrected chi connectivity index (χ4v) is 5.27. The minimum atomic E-state index is -0.987. The number of aryl methyl sites for hydroxylation is 2. The lowest BCUT2D eigenvalue weighted by Gasteiger charge is -2.19. The summed E-state index contributed by atoms with van der Waals surface area (Å²) >= 11 is 3.51. The second-order valence-electron chi connectivity index (χ2n) is 9.92. The lowest BCUT2D eigenvalue weighted by atomic mass is 9.96. The van der Waals surface area contributed by atoms with Crippen LogP contribution in [0.2, 0.25) is 0 Å². The number of fused-ring (bicyclic) bond motifs is 1. The number of aromatic nitrogens is 5. The first-order valence-electron chi connectivity index (χ1n) is 12.6. The second-order valence-corrected chi connectivity index (χ2v) is 10.8. The van der Waals surface area contributed by atoms with E-state index in [9.17, 15) is 9.90 Å². The molecule has 1 atom stereocenters. The molecule has 0 unspecified atom stereocenters. The zero-order valence-corrected chi connectivity index (χ0v) is 22.6. The fourth-order valence-electron chi connectivity index (χ4n) is 4.92. The second kappa shape index (κ2) is 10.5. The Morgan fingerprint density at radius 1 is 1.27 bits per heavy atom. The van der Waals surface area contributed by atoms with Crippen LogP contribution in [0.1, 0.15) is 48.2 Å². The number of carbonyl (C=O) groups is 1. The SMILES string of the molecule is Cc1cc(C(=O)O)cc(-c2cnn(C)c2OCCC[C@@H](CC2CC2)Cn2c(N)nc3cc(Br)ccc32)n1. The van der Waals surface area contributed by atoms with Gasteiger partial charge in [0.1, 0.15) is 0 Å². The summed E-state index contributed by atoms with van der Waals surface area (Å²) in [5.74, 6) is 1.43. The molecule has 3 N–H and O–H groups in total. The Labute approximate surface area is 223 Å². The van der Waals surface area contributed by atoms with Gasteiger partial charge in [-0.05, 0) is 68.4 Å². The Morgan fingerprint density at radius 3 is 2.84 bits per heavy atom. The van der Waals surface area contributed by atoms with Crippen LogP contribution in [0.3, 0.4) is 0 Å². The van der Waals surface area contributed by atoms with Crippen molar-refractivity contribution in [2.75, 3.05) is 12.3 Å². The number of carboxylic acids is 1. The van der Waals surface area contributed by atoms with Gasteiger partial charge in [0.25, 0.3) is 0 Å². The van der Waals surface area contributed by atoms with Crippen molar-refractivity contribution in [3.8, 4) is 17.1 Å². The third-order valence-corrected chi connectivity index (χ3v) is 7.39. The summed E-state index contributed by atoms with van der Waals surface area (Å²) in [6, 6.07) is 9.21. The number of nitrogen functional groups attached to an aromatic ring is 1. The molecule has 1 aromatic carbocycles. The lowest BCUT2D eigenvalue weighted by molar-refractivity contribution is 0.0696. The zero-order chi connectivity index (χ0) is 26.1. The highest BCUT2D eigenvalue weighted by molar-refractivity contribution is 9.10. The fraction of sp³-hybridized carbons (Fsp3) is 0.407. The number of carboxylic acid groups (broad SMARTS) is 1. The van der Waals surface area contributed by atoms with E-state index in [-0.39, 0.29) is 5.56 Å². The number of imidazole rings is 1. The minimum absolute atomic E-state index is 0.193. The van der Waals surface area contributed by atoms with E-state index in [4.69, 9.17) is 10.5 Å². The zero-order valence-electron chi connectivity index (χ0n) is 21.0. The number of ether oxygens (including phenoxy) is 1. The molecule has 5 rings (SSSR count). The van der Waals surface area contributed by atoms with Gasteiger partial charge < -0.3 is 20.1 Å². The van der Waals surface area contributed by atoms with Crippen LogP contribution in [-0.2, 0) is 13.6 Å². The monoisotopic (exact) mass is 566 g/mol. The van der Waals surface area contributed by atoms with Crippen LogP contribution in [-0.4, -0.2) is 42.0 Å². The van der Waals surface area contributed by atoms with Crippen molar-refractivity contribution in [3.05, 3.63) is 52.3 Å². The van der Waals surface area contributed by atoms with E-state index in [0.29, 0.717) is 41.3 Å². The molecule has 3 heterocycles. The molecule has 0 spiro atoms. The third-order valence-electron chi connectivity index (χ3n) is 6.90. The maximum Gasteiger partial charge on any atom is 0.335 e. The highest BCUT2D eigenvalue weighted by atomic mass is 79.9. The normalized spacial score (nSPS) is 14.2. The molecule has 9 nitrogen and oxygen atoms in total. The van der Waals surface area contributed by atoms with E-state index in [0.717, 1.165) is 40.8 Å². The van der Waals surface area contributed by atoms with Crippen LogP contribution in [0.25, 0.3) is 22.3 Å². The number of pyridine rings is 1. The number of rotatable bonds is 11. The van der Waals surface area contributed by atoms with Gasteiger partial charge in [-0.2, -0.15) is 5.10 Å². The van der Waals surface area contributed by atoms with Gasteiger partial charge in [0, 0.05) is 23.8 Å². The smallest absolute Gasteiger partial charge is 0.335 e. The molecule has 3 aromatic heterocycles. The lowest BCUT2D eigenvalue weighted by Crippen LogP contribution is -2.15. The molecule has 10 heteroatoms. The van der Waals surface area contributed by atoms with Gasteiger partial charge in [0.15, 0.2) is 0 Å². The Kier molecular flexibility index (Phi) is 7.19. The molecule has 0 saturated heterocycles. The predicted octanol–water partition coefficient (Wildman–Crippen LogP) is 5.46. The molecule has 0 radical (unpaired) electrons. The van der Waals surface area contributed by atoms with E-state index in [1.807, 2.05) is 19.2 Å². The summed E-state index contributed by atoms with van der Waals surface area (Å²) in [6.45, 7) is 3.14. The molecule has 37 heavy (non-hydrogen) atoms. The summed E-state index contributed by atoms with van der Waals surface area (Å²) in [5, 5.41) is 13.8. The number of halogens is 1. The van der Waals surface area contributed by atoms with Gasteiger partial charge in [0.2, 0.25) is 11.8 Å². The van der Waals surface area contributed by atoms with Crippen molar-refractivity contribution in [1.82, 2.24) is 24.3 Å². The molecule has 0 aliphatic heterocycles. The molecule has 0 amide bonds. The highest BCUT2D eigenvalue weighted by Crippen LogP contribution is 2.38. The van der Waals surface area contributed by atoms with Gasteiger partial charge in [-0.15, -0.1) is 0 Å². The van der Waals surface area contributed by atoms with Crippen molar-refractivity contribution in [3.63, 3.8) is 0 Å². The maximum atomic E-state index is 11.5. The summed E-state index contributed by atoms with van der Waals surface area (Å²) in [7, 11) is 1.81. The first kappa shape index (κ1) is 25.3. The van der Waals surface area contributed by atoms with E-state index in [1.165, 1.54) is 19.3 Å². The standard InChI is InChI=1S/C27H31BrN6O3/c1-16-10-19(26(35)36)12-22(31-16)21-14-30-33(2)25(21)37-9-3-4-18(11-17-5-6-17)15-34-24-8-7-20(28)13-23(24)32-27(34)29/h7-8,10,12-14,17-18H,3-6,9,11,15H2,1-2H3,(H2,29,32)(H,35,36)/t18-/m0/s1. The summed E-state index contributed by atoms with van der Waals surface area (Å²) in [5.41, 5.74) is 10.3. The molecule has 1 aliphatic rings. The number of nitrogens with two attached hydrogens (primary N) is 1. The predicted molar refractivity (Wildman–Crippen MR) is 146 cm³/mol. The number of aromatic carboxylic acids is 1. The van der Waals surface area contributed by atoms with E-state index < -0.39 is 5.97 Å². The van der Waals surface area contributed by atoms with Crippen molar-refractivity contribution < 1.29 is 14.6 Å². The summed E-state index contributed by atoms with van der Waals surface area (Å²) in [4.78, 5) is 20.6. The molecule has 1 fully saturated rings. The van der Waals surface area contributed by atoms with Crippen molar-refractivity contribution in [1.29, 1.82) is 0 Å². The van der Waals surface area contributed by atoms with E-state index in [2.05, 4.69) is 41.6 Å². The summed E-state index contributed by atoms with van der Waals surface area (Å²) in [6.07, 6.45) is 7.34. The van der Waals surface area contributed by atoms with Gasteiger partial charge in [0.05, 0.1) is 40.7 Å². The first-order valence-corrected chi connectivity index (χ1v) is 13.4. The number of hydrogen-bond acceptors (Lipinski definition) is 6. The van der Waals surface area contributed by atoms with Crippen LogP contribution >= 0.6 is 15.9 Å². The Balaban J connectivity index is 1.26. The number of benzene rings is 1. The number of nitrogens with zero attached hydrogens (tertiary/aromatic N) is 5. The van der Waals surface area contributed by atoms with E-state index >= 15 is 0 Å². The van der Waals surface area contributed by atoms with E-state index in [1.54, 1.807) is 29.9 Å². The Hall–Kier alpha value is -3.40. The number of anilines is 1. The third kappa shape index (κ3) is 5.79.